The second kappa shape index (κ2) is 8.78. The molecule has 1 aromatic carbocycles. The Morgan fingerprint density at radius 1 is 1.17 bits per heavy atom. The van der Waals surface area contributed by atoms with E-state index in [1.165, 1.54) is 12.0 Å². The number of benzene rings is 1. The van der Waals surface area contributed by atoms with Crippen molar-refractivity contribution in [3.63, 3.8) is 0 Å². The van der Waals surface area contributed by atoms with Crippen LogP contribution in [0.15, 0.2) is 52.2 Å². The summed E-state index contributed by atoms with van der Waals surface area (Å²) in [6, 6.07) is 11.4. The van der Waals surface area contributed by atoms with E-state index in [0.29, 0.717) is 0 Å². The first-order valence-corrected chi connectivity index (χ1v) is 7.96. The number of rotatable bonds is 8. The number of nitrogens with one attached hydrogen (secondary N) is 1. The van der Waals surface area contributed by atoms with Crippen molar-refractivity contribution in [1.82, 2.24) is 5.43 Å². The van der Waals surface area contributed by atoms with Crippen LogP contribution in [0.5, 0.6) is 0 Å². The third kappa shape index (κ3) is 4.98. The monoisotopic (exact) mass is 313 g/mol. The van der Waals surface area contributed by atoms with Gasteiger partial charge < -0.3 is 9.32 Å². The minimum Gasteiger partial charge on any atom is -0.459 e. The Bertz CT molecular complexity index is 612. The van der Waals surface area contributed by atoms with E-state index in [2.05, 4.69) is 41.4 Å². The number of carbonyl (C=O) groups is 1. The molecule has 5 nitrogen and oxygen atoms in total. The summed E-state index contributed by atoms with van der Waals surface area (Å²) >= 11 is 0. The lowest BCUT2D eigenvalue weighted by Crippen LogP contribution is -2.24. The Morgan fingerprint density at radius 3 is 2.43 bits per heavy atom. The van der Waals surface area contributed by atoms with Crippen molar-refractivity contribution in [3.05, 3.63) is 54.0 Å². The van der Waals surface area contributed by atoms with Crippen molar-refractivity contribution in [2.45, 2.75) is 26.7 Å². The molecule has 0 atom stereocenters. The van der Waals surface area contributed by atoms with Gasteiger partial charge in [0.2, 0.25) is 0 Å². The number of hydrazone groups is 1. The highest BCUT2D eigenvalue weighted by molar-refractivity contribution is 5.92. The van der Waals surface area contributed by atoms with Crippen LogP contribution in [0.3, 0.4) is 0 Å². The minimum absolute atomic E-state index is 0.243. The van der Waals surface area contributed by atoms with Crippen LogP contribution in [0.1, 0.15) is 42.8 Å². The van der Waals surface area contributed by atoms with Gasteiger partial charge in [0.15, 0.2) is 5.76 Å². The van der Waals surface area contributed by atoms with Crippen LogP contribution >= 0.6 is 0 Å². The zero-order valence-corrected chi connectivity index (χ0v) is 13.7. The van der Waals surface area contributed by atoms with Gasteiger partial charge >= 0.3 is 5.91 Å². The van der Waals surface area contributed by atoms with E-state index in [1.54, 1.807) is 18.3 Å². The number of carbonyl (C=O) groups excluding carboxylic acids is 1. The zero-order chi connectivity index (χ0) is 16.5. The molecule has 0 radical (unpaired) electrons. The molecule has 2 rings (SSSR count). The fraction of sp³-hybridized carbons (Fsp3) is 0.333. The van der Waals surface area contributed by atoms with E-state index in [-0.39, 0.29) is 11.7 Å². The number of amides is 1. The van der Waals surface area contributed by atoms with Crippen LogP contribution in [0.25, 0.3) is 0 Å². The van der Waals surface area contributed by atoms with Gasteiger partial charge in [0, 0.05) is 18.8 Å². The van der Waals surface area contributed by atoms with Gasteiger partial charge in [0.1, 0.15) is 0 Å². The number of hydrogen-bond acceptors (Lipinski definition) is 4. The first kappa shape index (κ1) is 16.8. The van der Waals surface area contributed by atoms with Gasteiger partial charge in [-0.2, -0.15) is 5.10 Å². The lowest BCUT2D eigenvalue weighted by atomic mass is 10.2. The minimum atomic E-state index is -0.361. The SMILES string of the molecule is CCCN(CCC)c1ccc(/C=N\NC(=O)c2ccco2)cc1. The van der Waals surface area contributed by atoms with Crippen LogP contribution in [-0.2, 0) is 0 Å². The van der Waals surface area contributed by atoms with Crippen molar-refractivity contribution in [2.24, 2.45) is 5.10 Å². The van der Waals surface area contributed by atoms with E-state index in [9.17, 15) is 4.79 Å². The molecule has 0 aliphatic carbocycles. The summed E-state index contributed by atoms with van der Waals surface area (Å²) in [6.07, 6.45) is 5.33. The zero-order valence-electron chi connectivity index (χ0n) is 13.7. The van der Waals surface area contributed by atoms with Crippen molar-refractivity contribution in [3.8, 4) is 0 Å². The molecular weight excluding hydrogens is 290 g/mol. The van der Waals surface area contributed by atoms with E-state index in [4.69, 9.17) is 4.42 Å². The molecule has 1 heterocycles. The maximum atomic E-state index is 11.7. The number of hydrogen-bond donors (Lipinski definition) is 1. The van der Waals surface area contributed by atoms with Crippen molar-refractivity contribution in [1.29, 1.82) is 0 Å². The van der Waals surface area contributed by atoms with E-state index >= 15 is 0 Å². The number of furan rings is 1. The van der Waals surface area contributed by atoms with Crippen molar-refractivity contribution < 1.29 is 9.21 Å². The molecule has 1 aromatic heterocycles. The predicted molar refractivity (Wildman–Crippen MR) is 93.0 cm³/mol. The van der Waals surface area contributed by atoms with Gasteiger partial charge in [-0.3, -0.25) is 4.79 Å². The van der Waals surface area contributed by atoms with Gasteiger partial charge in [0.05, 0.1) is 12.5 Å². The van der Waals surface area contributed by atoms with Crippen LogP contribution < -0.4 is 10.3 Å². The molecule has 0 spiro atoms. The van der Waals surface area contributed by atoms with Crippen molar-refractivity contribution >= 4 is 17.8 Å². The first-order valence-electron chi connectivity index (χ1n) is 7.96. The molecule has 0 saturated heterocycles. The highest BCUT2D eigenvalue weighted by Crippen LogP contribution is 2.15. The highest BCUT2D eigenvalue weighted by atomic mass is 16.3. The summed E-state index contributed by atoms with van der Waals surface area (Å²) in [7, 11) is 0. The largest absolute Gasteiger partial charge is 0.459 e. The van der Waals surface area contributed by atoms with Gasteiger partial charge in [-0.25, -0.2) is 5.43 Å². The summed E-state index contributed by atoms with van der Waals surface area (Å²) in [4.78, 5) is 14.0. The maximum Gasteiger partial charge on any atom is 0.307 e. The first-order chi connectivity index (χ1) is 11.2. The average molecular weight is 313 g/mol. The molecule has 0 saturated carbocycles. The molecule has 0 unspecified atom stereocenters. The van der Waals surface area contributed by atoms with Crippen molar-refractivity contribution in [2.75, 3.05) is 18.0 Å². The van der Waals surface area contributed by atoms with Crippen LogP contribution in [-0.4, -0.2) is 25.2 Å². The van der Waals surface area contributed by atoms with Crippen LogP contribution in [0.4, 0.5) is 5.69 Å². The molecule has 0 bridgehead atoms. The molecular formula is C18H23N3O2. The molecule has 1 N–H and O–H groups in total. The topological polar surface area (TPSA) is 57.8 Å². The molecule has 122 valence electrons. The summed E-state index contributed by atoms with van der Waals surface area (Å²) in [5.41, 5.74) is 4.58. The maximum absolute atomic E-state index is 11.7. The number of anilines is 1. The average Bonchev–Trinajstić information content (AvgIpc) is 3.10. The third-order valence-electron chi connectivity index (χ3n) is 3.37. The molecule has 5 heteroatoms. The predicted octanol–water partition coefficient (Wildman–Crippen LogP) is 3.67. The Hall–Kier alpha value is -2.56. The van der Waals surface area contributed by atoms with E-state index < -0.39 is 0 Å². The number of nitrogens with zero attached hydrogens (tertiary/aromatic N) is 2. The fourth-order valence-electron chi connectivity index (χ4n) is 2.31. The second-order valence-corrected chi connectivity index (χ2v) is 5.26. The summed E-state index contributed by atoms with van der Waals surface area (Å²) in [6.45, 7) is 6.48. The van der Waals surface area contributed by atoms with Crippen LogP contribution in [0, 0.1) is 0 Å². The van der Waals surface area contributed by atoms with Crippen LogP contribution in [0.2, 0.25) is 0 Å². The highest BCUT2D eigenvalue weighted by Gasteiger charge is 2.06. The lowest BCUT2D eigenvalue weighted by Gasteiger charge is -2.23. The molecule has 23 heavy (non-hydrogen) atoms. The molecule has 1 amide bonds. The molecule has 0 fully saturated rings. The van der Waals surface area contributed by atoms with Gasteiger partial charge in [-0.1, -0.05) is 26.0 Å². The summed E-state index contributed by atoms with van der Waals surface area (Å²) in [5, 5.41) is 3.95. The third-order valence-corrected chi connectivity index (χ3v) is 3.37. The molecule has 0 aliphatic heterocycles. The van der Waals surface area contributed by atoms with Gasteiger partial charge in [0.25, 0.3) is 0 Å². The van der Waals surface area contributed by atoms with Gasteiger partial charge in [-0.15, -0.1) is 0 Å². The summed E-state index contributed by atoms with van der Waals surface area (Å²) < 4.78 is 4.99. The normalized spacial score (nSPS) is 10.9. The Morgan fingerprint density at radius 2 is 1.87 bits per heavy atom. The van der Waals surface area contributed by atoms with Gasteiger partial charge in [-0.05, 0) is 42.7 Å². The second-order valence-electron chi connectivity index (χ2n) is 5.26. The standard InChI is InChI=1S/C18H23N3O2/c1-3-11-21(12-4-2)16-9-7-15(8-10-16)14-19-20-18(22)17-6-5-13-23-17/h5-10,13-14H,3-4,11-12H2,1-2H3,(H,20,22)/b19-14-. The lowest BCUT2D eigenvalue weighted by molar-refractivity contribution is 0.0927. The Kier molecular flexibility index (Phi) is 6.41. The summed E-state index contributed by atoms with van der Waals surface area (Å²) in [5.74, 6) is -0.118. The fourth-order valence-corrected chi connectivity index (χ4v) is 2.31. The Labute approximate surface area is 137 Å². The Balaban J connectivity index is 1.93. The molecule has 0 aliphatic rings. The quantitative estimate of drug-likeness (QED) is 0.597. The smallest absolute Gasteiger partial charge is 0.307 e. The molecule has 2 aromatic rings. The van der Waals surface area contributed by atoms with E-state index in [0.717, 1.165) is 31.5 Å². The van der Waals surface area contributed by atoms with E-state index in [1.807, 2.05) is 12.1 Å².